The van der Waals surface area contributed by atoms with Crippen molar-refractivity contribution >= 4 is 5.91 Å². The molecule has 13 atom stereocenters. The molecule has 3 saturated heterocycles. The van der Waals surface area contributed by atoms with Crippen LogP contribution < -0.4 is 0 Å². The van der Waals surface area contributed by atoms with Crippen molar-refractivity contribution in [2.24, 2.45) is 50.7 Å². The van der Waals surface area contributed by atoms with Gasteiger partial charge in [-0.05, 0) is 114 Å². The molecule has 294 valence electrons. The van der Waals surface area contributed by atoms with Gasteiger partial charge in [0.25, 0.3) is 0 Å². The van der Waals surface area contributed by atoms with Gasteiger partial charge in [0, 0.05) is 38.0 Å². The van der Waals surface area contributed by atoms with Crippen LogP contribution in [0.1, 0.15) is 98.5 Å². The number of carbonyl (C=O) groups is 1. The molecule has 1 amide bonds. The molecule has 5 aliphatic carbocycles. The van der Waals surface area contributed by atoms with Crippen LogP contribution in [0.4, 0.5) is 8.78 Å². The second kappa shape index (κ2) is 12.7. The molecule has 3 heterocycles. The van der Waals surface area contributed by atoms with Crippen LogP contribution in [0.2, 0.25) is 0 Å². The first kappa shape index (κ1) is 36.9. The first-order chi connectivity index (χ1) is 25.1. The summed E-state index contributed by atoms with van der Waals surface area (Å²) in [6, 6.07) is 3.92. The summed E-state index contributed by atoms with van der Waals surface area (Å²) < 4.78 is 53.6. The predicted octanol–water partition coefficient (Wildman–Crippen LogP) is 6.57. The lowest BCUT2D eigenvalue weighted by atomic mass is 9.41. The van der Waals surface area contributed by atoms with Crippen LogP contribution in [-0.4, -0.2) is 97.0 Å². The fourth-order valence-electron chi connectivity index (χ4n) is 14.9. The van der Waals surface area contributed by atoms with Gasteiger partial charge in [0.2, 0.25) is 5.91 Å². The van der Waals surface area contributed by atoms with Gasteiger partial charge in [-0.3, -0.25) is 9.69 Å². The van der Waals surface area contributed by atoms with E-state index in [9.17, 15) is 18.7 Å². The lowest BCUT2D eigenvalue weighted by Crippen LogP contribution is -2.60. The highest BCUT2D eigenvalue weighted by molar-refractivity contribution is 5.73. The van der Waals surface area contributed by atoms with Crippen molar-refractivity contribution in [3.05, 3.63) is 35.4 Å². The SMILES string of the molecule is CC(=O)N(Cc1cc(F)cc(F)c1)C[C@H]1C[C@@H](C)[C@H]2[C@H](O1)[C@H](O)[C@@]1(C)[C@@H]3CC[C@H]4C(C)(C)C(OC5CN(C6COC6)CCO5)CCC45C[C@@]35CC[C@]21C. The second-order valence-electron chi connectivity index (χ2n) is 19.9. The zero-order valence-electron chi connectivity index (χ0n) is 32.8. The fourth-order valence-corrected chi connectivity index (χ4v) is 14.9. The standard InChI is InChI=1S/C43H62F2N2O6/c1-25-15-31(20-47(26(2)48)19-27-16-28(44)18-29(45)17-27)52-37-36(25)40(5)11-12-43-24-42(43)10-9-34(53-35-21-46(13-14-51-35)30-22-50-23-30)39(3,4)32(42)7-8-33(43)41(40,6)38(37)49/h16-18,25,30-38,49H,7-15,19-24H2,1-6H3/t25-,31-,32+,33+,34?,35?,36+,37+,38+,40-,41-,42?,43+/m1/s1. The summed E-state index contributed by atoms with van der Waals surface area (Å²) in [5.74, 6) is 0.0931. The monoisotopic (exact) mass is 740 g/mol. The van der Waals surface area contributed by atoms with Gasteiger partial charge in [0.15, 0.2) is 6.29 Å². The molecule has 3 aliphatic heterocycles. The third-order valence-corrected chi connectivity index (χ3v) is 17.5. The Labute approximate surface area is 314 Å². The molecule has 0 bridgehead atoms. The van der Waals surface area contributed by atoms with Crippen molar-refractivity contribution in [1.82, 2.24) is 9.80 Å². The number of halogens is 2. The molecule has 10 heteroatoms. The summed E-state index contributed by atoms with van der Waals surface area (Å²) in [5.41, 5.74) is 0.665. The molecule has 8 nitrogen and oxygen atoms in total. The third kappa shape index (κ3) is 5.34. The van der Waals surface area contributed by atoms with Crippen molar-refractivity contribution in [2.45, 2.75) is 136 Å². The van der Waals surface area contributed by atoms with E-state index in [0.717, 1.165) is 64.5 Å². The fraction of sp³-hybridized carbons (Fsp3) is 0.837. The number of hydrogen-bond acceptors (Lipinski definition) is 7. The highest BCUT2D eigenvalue weighted by Crippen LogP contribution is 2.89. The van der Waals surface area contributed by atoms with E-state index in [-0.39, 0.29) is 64.6 Å². The summed E-state index contributed by atoms with van der Waals surface area (Å²) in [5, 5.41) is 12.7. The van der Waals surface area contributed by atoms with Crippen LogP contribution >= 0.6 is 0 Å². The highest BCUT2D eigenvalue weighted by atomic mass is 19.1. The number of nitrogens with zero attached hydrogens (tertiary/aromatic N) is 2. The number of morpholine rings is 1. The molecule has 0 radical (unpaired) electrons. The molecule has 1 aromatic carbocycles. The van der Waals surface area contributed by atoms with Gasteiger partial charge in [0.1, 0.15) is 11.6 Å². The van der Waals surface area contributed by atoms with E-state index in [0.29, 0.717) is 47.9 Å². The number of carbonyl (C=O) groups excluding carboxylic acids is 1. The van der Waals surface area contributed by atoms with Crippen LogP contribution in [0.3, 0.4) is 0 Å². The average Bonchev–Trinajstić information content (AvgIpc) is 3.69. The van der Waals surface area contributed by atoms with E-state index in [1.807, 2.05) is 0 Å². The van der Waals surface area contributed by atoms with Gasteiger partial charge in [-0.2, -0.15) is 0 Å². The van der Waals surface area contributed by atoms with E-state index in [4.69, 9.17) is 18.9 Å². The normalized spacial score (nSPS) is 47.3. The van der Waals surface area contributed by atoms with Crippen LogP contribution in [-0.2, 0) is 30.3 Å². The summed E-state index contributed by atoms with van der Waals surface area (Å²) in [4.78, 5) is 16.9. The Morgan fingerprint density at radius 2 is 1.74 bits per heavy atom. The first-order valence-corrected chi connectivity index (χ1v) is 20.8. The van der Waals surface area contributed by atoms with Gasteiger partial charge < -0.3 is 29.0 Å². The van der Waals surface area contributed by atoms with E-state index < -0.39 is 17.7 Å². The van der Waals surface area contributed by atoms with Crippen LogP contribution in [0.15, 0.2) is 18.2 Å². The highest BCUT2D eigenvalue weighted by Gasteiger charge is 2.84. The molecule has 9 rings (SSSR count). The Hall–Kier alpha value is -1.69. The van der Waals surface area contributed by atoms with E-state index in [1.54, 1.807) is 4.90 Å². The van der Waals surface area contributed by atoms with Crippen molar-refractivity contribution < 1.29 is 37.6 Å². The molecular formula is C43H62F2N2O6. The average molecular weight is 741 g/mol. The molecule has 1 aromatic rings. The number of rotatable bonds is 7. The van der Waals surface area contributed by atoms with Crippen molar-refractivity contribution in [2.75, 3.05) is 39.5 Å². The quantitative estimate of drug-likeness (QED) is 0.339. The minimum Gasteiger partial charge on any atom is -0.390 e. The maximum atomic E-state index is 14.0. The smallest absolute Gasteiger partial charge is 0.219 e. The van der Waals surface area contributed by atoms with Crippen LogP contribution in [0, 0.1) is 62.4 Å². The maximum absolute atomic E-state index is 14.0. The number of ether oxygens (including phenoxy) is 4. The van der Waals surface area contributed by atoms with Gasteiger partial charge >= 0.3 is 0 Å². The van der Waals surface area contributed by atoms with E-state index >= 15 is 0 Å². The third-order valence-electron chi connectivity index (χ3n) is 17.5. The Morgan fingerprint density at radius 3 is 2.43 bits per heavy atom. The molecule has 5 saturated carbocycles. The number of amides is 1. The Morgan fingerprint density at radius 1 is 1.02 bits per heavy atom. The van der Waals surface area contributed by atoms with Gasteiger partial charge in [-0.1, -0.05) is 34.6 Å². The maximum Gasteiger partial charge on any atom is 0.219 e. The topological polar surface area (TPSA) is 80.7 Å². The summed E-state index contributed by atoms with van der Waals surface area (Å²) >= 11 is 0. The zero-order chi connectivity index (χ0) is 37.3. The van der Waals surface area contributed by atoms with Crippen molar-refractivity contribution in [1.29, 1.82) is 0 Å². The molecule has 0 aromatic heterocycles. The Bertz CT molecular complexity index is 1590. The number of aliphatic hydroxyl groups excluding tert-OH is 1. The number of fused-ring (bicyclic) bond motifs is 4. The zero-order valence-corrected chi connectivity index (χ0v) is 32.8. The van der Waals surface area contributed by atoms with Gasteiger partial charge in [0.05, 0.1) is 56.8 Å². The molecule has 8 aliphatic rings. The minimum atomic E-state index is -0.651. The van der Waals surface area contributed by atoms with E-state index in [2.05, 4.69) is 39.5 Å². The van der Waals surface area contributed by atoms with Crippen molar-refractivity contribution in [3.8, 4) is 0 Å². The first-order valence-electron chi connectivity index (χ1n) is 20.8. The predicted molar refractivity (Wildman–Crippen MR) is 194 cm³/mol. The Kier molecular flexibility index (Phi) is 8.82. The molecule has 1 N–H and O–H groups in total. The lowest BCUT2D eigenvalue weighted by Gasteiger charge is -2.64. The molecular weight excluding hydrogens is 678 g/mol. The molecule has 53 heavy (non-hydrogen) atoms. The van der Waals surface area contributed by atoms with Crippen molar-refractivity contribution in [3.63, 3.8) is 0 Å². The number of benzene rings is 1. The van der Waals surface area contributed by atoms with Gasteiger partial charge in [-0.25, -0.2) is 8.78 Å². The molecule has 8 fully saturated rings. The summed E-state index contributed by atoms with van der Waals surface area (Å²) in [6.07, 6.45) is 7.74. The number of hydrogen-bond donors (Lipinski definition) is 1. The largest absolute Gasteiger partial charge is 0.390 e. The number of aliphatic hydroxyl groups is 1. The van der Waals surface area contributed by atoms with E-state index in [1.165, 1.54) is 38.3 Å². The molecule has 3 unspecified atom stereocenters. The summed E-state index contributed by atoms with van der Waals surface area (Å²) in [7, 11) is 0. The minimum absolute atomic E-state index is 0.0343. The molecule has 2 spiro atoms. The van der Waals surface area contributed by atoms with Gasteiger partial charge in [-0.15, -0.1) is 0 Å². The van der Waals surface area contributed by atoms with Crippen LogP contribution in [0.25, 0.3) is 0 Å². The second-order valence-corrected chi connectivity index (χ2v) is 19.9. The summed E-state index contributed by atoms with van der Waals surface area (Å²) in [6.45, 7) is 18.2. The lowest BCUT2D eigenvalue weighted by molar-refractivity contribution is -0.256. The van der Waals surface area contributed by atoms with Crippen LogP contribution in [0.5, 0.6) is 0 Å². The Balaban J connectivity index is 0.918.